The number of hydrogen-bond acceptors (Lipinski definition) is 4. The number of nitrogens with one attached hydrogen (secondary N) is 2. The fourth-order valence-corrected chi connectivity index (χ4v) is 3.11. The van der Waals surface area contributed by atoms with Gasteiger partial charge < -0.3 is 10.6 Å². The fraction of sp³-hybridized carbons (Fsp3) is 0.316. The lowest BCUT2D eigenvalue weighted by molar-refractivity contribution is -0.120. The van der Waals surface area contributed by atoms with E-state index < -0.39 is 0 Å². The minimum Gasteiger partial charge on any atom is -0.350 e. The summed E-state index contributed by atoms with van der Waals surface area (Å²) >= 11 is 5.91. The van der Waals surface area contributed by atoms with Crippen molar-refractivity contribution in [3.8, 4) is 0 Å². The molecule has 0 bridgehead atoms. The van der Waals surface area contributed by atoms with Gasteiger partial charge in [-0.25, -0.2) is 0 Å². The smallest absolute Gasteiger partial charge is 0.253 e. The molecule has 136 valence electrons. The Morgan fingerprint density at radius 1 is 1.23 bits per heavy atom. The highest BCUT2D eigenvalue weighted by molar-refractivity contribution is 6.30. The highest BCUT2D eigenvalue weighted by Gasteiger charge is 2.23. The van der Waals surface area contributed by atoms with Crippen LogP contribution in [0.4, 0.5) is 0 Å². The van der Waals surface area contributed by atoms with Crippen LogP contribution in [-0.4, -0.2) is 47.4 Å². The summed E-state index contributed by atoms with van der Waals surface area (Å²) in [6.45, 7) is 2.52. The van der Waals surface area contributed by atoms with E-state index in [9.17, 15) is 9.59 Å². The van der Waals surface area contributed by atoms with E-state index in [0.717, 1.165) is 31.1 Å². The lowest BCUT2D eigenvalue weighted by atomic mass is 10.2. The summed E-state index contributed by atoms with van der Waals surface area (Å²) in [5, 5.41) is 6.32. The molecule has 2 aromatic rings. The van der Waals surface area contributed by atoms with Crippen LogP contribution in [0.3, 0.4) is 0 Å². The van der Waals surface area contributed by atoms with Crippen molar-refractivity contribution in [2.75, 3.05) is 19.6 Å². The monoisotopic (exact) mass is 372 g/mol. The summed E-state index contributed by atoms with van der Waals surface area (Å²) < 4.78 is 0. The predicted molar refractivity (Wildman–Crippen MR) is 99.8 cm³/mol. The Bertz CT molecular complexity index is 752. The molecule has 1 aromatic carbocycles. The first-order valence-electron chi connectivity index (χ1n) is 8.54. The summed E-state index contributed by atoms with van der Waals surface area (Å²) in [5.41, 5.74) is 1.64. The molecule has 2 heterocycles. The second kappa shape index (κ2) is 8.78. The van der Waals surface area contributed by atoms with Crippen LogP contribution in [0.2, 0.25) is 5.02 Å². The number of likely N-dealkylation sites (tertiary alicyclic amines) is 1. The Labute approximate surface area is 157 Å². The highest BCUT2D eigenvalue weighted by atomic mass is 35.5. The van der Waals surface area contributed by atoms with Gasteiger partial charge >= 0.3 is 0 Å². The van der Waals surface area contributed by atoms with Crippen LogP contribution in [-0.2, 0) is 11.3 Å². The molecule has 2 N–H and O–H groups in total. The molecule has 26 heavy (non-hydrogen) atoms. The summed E-state index contributed by atoms with van der Waals surface area (Å²) in [4.78, 5) is 30.2. The third-order valence-electron chi connectivity index (χ3n) is 4.29. The molecule has 1 aliphatic rings. The van der Waals surface area contributed by atoms with Gasteiger partial charge in [0.2, 0.25) is 5.91 Å². The molecular weight excluding hydrogens is 352 g/mol. The molecule has 1 aromatic heterocycles. The number of hydrogen-bond donors (Lipinski definition) is 2. The zero-order chi connectivity index (χ0) is 18.4. The van der Waals surface area contributed by atoms with Gasteiger partial charge in [0.05, 0.1) is 12.1 Å². The van der Waals surface area contributed by atoms with Crippen molar-refractivity contribution in [1.29, 1.82) is 0 Å². The maximum Gasteiger partial charge on any atom is 0.253 e. The number of rotatable bonds is 6. The van der Waals surface area contributed by atoms with E-state index in [4.69, 9.17) is 11.6 Å². The van der Waals surface area contributed by atoms with Crippen molar-refractivity contribution in [3.05, 3.63) is 64.9 Å². The number of carbonyl (C=O) groups excluding carboxylic acids is 2. The molecule has 7 heteroatoms. The van der Waals surface area contributed by atoms with Gasteiger partial charge in [0, 0.05) is 43.1 Å². The number of amides is 2. The van der Waals surface area contributed by atoms with Gasteiger partial charge in [0.25, 0.3) is 5.91 Å². The Morgan fingerprint density at radius 2 is 2.04 bits per heavy atom. The van der Waals surface area contributed by atoms with E-state index >= 15 is 0 Å². The first kappa shape index (κ1) is 18.4. The third kappa shape index (κ3) is 5.28. The molecule has 1 atom stereocenters. The fourth-order valence-electron chi connectivity index (χ4n) is 2.98. The number of nitrogens with zero attached hydrogens (tertiary/aromatic N) is 2. The first-order chi connectivity index (χ1) is 12.6. The normalized spacial score (nSPS) is 17.0. The second-order valence-corrected chi connectivity index (χ2v) is 6.78. The Hall–Kier alpha value is -2.44. The van der Waals surface area contributed by atoms with E-state index in [-0.39, 0.29) is 24.4 Å². The predicted octanol–water partition coefficient (Wildman–Crippen LogP) is 1.86. The SMILES string of the molecule is O=C(CNC(=O)c1cccnc1)NC1CCN(Cc2ccc(Cl)cc2)C1. The van der Waals surface area contributed by atoms with Crippen molar-refractivity contribution in [3.63, 3.8) is 0 Å². The number of carbonyl (C=O) groups is 2. The molecule has 1 fully saturated rings. The van der Waals surface area contributed by atoms with Crippen LogP contribution in [0.15, 0.2) is 48.8 Å². The third-order valence-corrected chi connectivity index (χ3v) is 4.54. The quantitative estimate of drug-likeness (QED) is 0.811. The van der Waals surface area contributed by atoms with Crippen LogP contribution < -0.4 is 10.6 Å². The van der Waals surface area contributed by atoms with Crippen LogP contribution in [0.5, 0.6) is 0 Å². The molecule has 0 saturated carbocycles. The highest BCUT2D eigenvalue weighted by Crippen LogP contribution is 2.15. The van der Waals surface area contributed by atoms with Crippen LogP contribution in [0.1, 0.15) is 22.3 Å². The average molecular weight is 373 g/mol. The molecular formula is C19H21ClN4O2. The zero-order valence-corrected chi connectivity index (χ0v) is 15.1. The molecule has 1 unspecified atom stereocenters. The lowest BCUT2D eigenvalue weighted by Crippen LogP contribution is -2.43. The molecule has 0 aliphatic carbocycles. The van der Waals surface area contributed by atoms with Crippen molar-refractivity contribution in [2.45, 2.75) is 19.0 Å². The maximum atomic E-state index is 12.1. The Balaban J connectivity index is 1.40. The van der Waals surface area contributed by atoms with Gasteiger partial charge in [-0.3, -0.25) is 19.5 Å². The van der Waals surface area contributed by atoms with Gasteiger partial charge in [0.1, 0.15) is 0 Å². The minimum atomic E-state index is -0.302. The standard InChI is InChI=1S/C19H21ClN4O2/c20-16-5-3-14(4-6-16)12-24-9-7-17(13-24)23-18(25)11-22-19(26)15-2-1-8-21-10-15/h1-6,8,10,17H,7,9,11-13H2,(H,22,26)(H,23,25). The lowest BCUT2D eigenvalue weighted by Gasteiger charge is -2.17. The Morgan fingerprint density at radius 3 is 2.77 bits per heavy atom. The summed E-state index contributed by atoms with van der Waals surface area (Å²) in [5.74, 6) is -0.482. The first-order valence-corrected chi connectivity index (χ1v) is 8.92. The molecule has 0 radical (unpaired) electrons. The molecule has 0 spiro atoms. The topological polar surface area (TPSA) is 74.3 Å². The minimum absolute atomic E-state index is 0.0403. The van der Waals surface area contributed by atoms with Crippen LogP contribution >= 0.6 is 11.6 Å². The van der Waals surface area contributed by atoms with Crippen LogP contribution in [0, 0.1) is 0 Å². The van der Waals surface area contributed by atoms with E-state index in [2.05, 4.69) is 20.5 Å². The van der Waals surface area contributed by atoms with E-state index in [1.807, 2.05) is 24.3 Å². The molecule has 1 aliphatic heterocycles. The van der Waals surface area contributed by atoms with Gasteiger partial charge in [-0.2, -0.15) is 0 Å². The van der Waals surface area contributed by atoms with E-state index in [1.54, 1.807) is 18.3 Å². The number of aromatic nitrogens is 1. The summed E-state index contributed by atoms with van der Waals surface area (Å²) in [7, 11) is 0. The van der Waals surface area contributed by atoms with Crippen molar-refractivity contribution >= 4 is 23.4 Å². The summed E-state index contributed by atoms with van der Waals surface area (Å²) in [6, 6.07) is 11.2. The van der Waals surface area contributed by atoms with Gasteiger partial charge in [-0.15, -0.1) is 0 Å². The van der Waals surface area contributed by atoms with Crippen molar-refractivity contribution in [1.82, 2.24) is 20.5 Å². The van der Waals surface area contributed by atoms with E-state index in [1.165, 1.54) is 11.8 Å². The molecule has 3 rings (SSSR count). The summed E-state index contributed by atoms with van der Waals surface area (Å²) in [6.07, 6.45) is 3.97. The van der Waals surface area contributed by atoms with E-state index in [0.29, 0.717) is 5.56 Å². The molecule has 6 nitrogen and oxygen atoms in total. The van der Waals surface area contributed by atoms with Crippen molar-refractivity contribution in [2.24, 2.45) is 0 Å². The average Bonchev–Trinajstić information content (AvgIpc) is 3.09. The van der Waals surface area contributed by atoms with Gasteiger partial charge in [-0.1, -0.05) is 23.7 Å². The van der Waals surface area contributed by atoms with Gasteiger partial charge in [-0.05, 0) is 36.2 Å². The second-order valence-electron chi connectivity index (χ2n) is 6.34. The van der Waals surface area contributed by atoms with Crippen molar-refractivity contribution < 1.29 is 9.59 Å². The molecule has 2 amide bonds. The number of halogens is 1. The number of benzene rings is 1. The Kier molecular flexibility index (Phi) is 6.20. The van der Waals surface area contributed by atoms with Crippen LogP contribution in [0.25, 0.3) is 0 Å². The zero-order valence-electron chi connectivity index (χ0n) is 14.3. The van der Waals surface area contributed by atoms with Gasteiger partial charge in [0.15, 0.2) is 0 Å². The molecule has 1 saturated heterocycles. The largest absolute Gasteiger partial charge is 0.350 e. The maximum absolute atomic E-state index is 12.1. The number of pyridine rings is 1.